The van der Waals surface area contributed by atoms with Crippen molar-refractivity contribution in [2.75, 3.05) is 19.6 Å². The fourth-order valence-electron chi connectivity index (χ4n) is 3.25. The monoisotopic (exact) mass is 413 g/mol. The summed E-state index contributed by atoms with van der Waals surface area (Å²) in [7, 11) is 0. The van der Waals surface area contributed by atoms with E-state index in [1.807, 2.05) is 13.8 Å². The molecule has 1 aromatic rings. The Balaban J connectivity index is 2.02. The van der Waals surface area contributed by atoms with Crippen LogP contribution in [0.3, 0.4) is 0 Å². The molecule has 29 heavy (non-hydrogen) atoms. The molecule has 160 valence electrons. The minimum absolute atomic E-state index is 0.0136. The summed E-state index contributed by atoms with van der Waals surface area (Å²) in [4.78, 5) is 38.2. The van der Waals surface area contributed by atoms with Crippen molar-refractivity contribution in [2.24, 2.45) is 5.92 Å². The van der Waals surface area contributed by atoms with Crippen LogP contribution in [0.5, 0.6) is 0 Å². The smallest absolute Gasteiger partial charge is 0.322 e. The van der Waals surface area contributed by atoms with Crippen LogP contribution in [0.25, 0.3) is 0 Å². The molecular weight excluding hydrogens is 388 g/mol. The maximum absolute atomic E-state index is 13.3. The van der Waals surface area contributed by atoms with E-state index in [-0.39, 0.29) is 44.1 Å². The molecule has 0 spiro atoms. The van der Waals surface area contributed by atoms with Crippen molar-refractivity contribution in [1.82, 2.24) is 15.1 Å². The molecule has 0 saturated carbocycles. The highest BCUT2D eigenvalue weighted by Gasteiger charge is 2.34. The highest BCUT2D eigenvalue weighted by Crippen LogP contribution is 2.16. The lowest BCUT2D eigenvalue weighted by atomic mass is 10.0. The number of urea groups is 1. The first kappa shape index (κ1) is 22.5. The van der Waals surface area contributed by atoms with Gasteiger partial charge in [-0.05, 0) is 30.0 Å². The van der Waals surface area contributed by atoms with E-state index in [0.29, 0.717) is 0 Å². The number of carboxylic acid groups (broad SMARTS) is 2. The Morgan fingerprint density at radius 2 is 1.59 bits per heavy atom. The number of amides is 2. The lowest BCUT2D eigenvalue weighted by Crippen LogP contribution is -2.53. The Bertz CT molecular complexity index is 754. The van der Waals surface area contributed by atoms with E-state index in [1.165, 1.54) is 9.80 Å². The summed E-state index contributed by atoms with van der Waals surface area (Å²) in [6.45, 7) is 3.90. The van der Waals surface area contributed by atoms with Crippen LogP contribution >= 0.6 is 0 Å². The van der Waals surface area contributed by atoms with Gasteiger partial charge in [-0.2, -0.15) is 0 Å². The number of carbonyl (C=O) groups is 3. The van der Waals surface area contributed by atoms with Crippen molar-refractivity contribution < 1.29 is 33.4 Å². The highest BCUT2D eigenvalue weighted by atomic mass is 19.1. The van der Waals surface area contributed by atoms with Gasteiger partial charge in [-0.25, -0.2) is 13.6 Å². The minimum Gasteiger partial charge on any atom is -0.480 e. The third kappa shape index (κ3) is 6.38. The average molecular weight is 413 g/mol. The van der Waals surface area contributed by atoms with Gasteiger partial charge in [0, 0.05) is 32.2 Å². The second-order valence-electron chi connectivity index (χ2n) is 7.51. The number of carboxylic acids is 2. The number of halogens is 2. The zero-order valence-electron chi connectivity index (χ0n) is 16.3. The number of hydrogen-bond acceptors (Lipinski definition) is 4. The van der Waals surface area contributed by atoms with Gasteiger partial charge >= 0.3 is 18.0 Å². The molecule has 0 aromatic heterocycles. The predicted octanol–water partition coefficient (Wildman–Crippen LogP) is 1.74. The number of benzene rings is 1. The van der Waals surface area contributed by atoms with Crippen LogP contribution in [0.15, 0.2) is 18.2 Å². The van der Waals surface area contributed by atoms with E-state index in [4.69, 9.17) is 0 Å². The maximum atomic E-state index is 13.3. The summed E-state index contributed by atoms with van der Waals surface area (Å²) >= 11 is 0. The topological polar surface area (TPSA) is 110 Å². The van der Waals surface area contributed by atoms with E-state index in [1.54, 1.807) is 0 Å². The molecule has 0 aliphatic carbocycles. The SMILES string of the molecule is CC(C)C[C@H](N[C@@H](CN1CCN(Cc2cc(F)cc(F)c2)C1=O)C(=O)O)C(=O)O. The van der Waals surface area contributed by atoms with Crippen molar-refractivity contribution in [3.05, 3.63) is 35.4 Å². The molecule has 1 aliphatic heterocycles. The Hall–Kier alpha value is -2.75. The van der Waals surface area contributed by atoms with E-state index < -0.39 is 41.7 Å². The zero-order chi connectivity index (χ0) is 21.7. The van der Waals surface area contributed by atoms with Crippen LogP contribution in [0, 0.1) is 17.6 Å². The lowest BCUT2D eigenvalue weighted by molar-refractivity contribution is -0.143. The van der Waals surface area contributed by atoms with Gasteiger partial charge in [-0.1, -0.05) is 13.8 Å². The summed E-state index contributed by atoms with van der Waals surface area (Å²) in [5, 5.41) is 21.4. The molecule has 0 bridgehead atoms. The number of aliphatic carboxylic acids is 2. The number of rotatable bonds is 10. The normalized spacial score (nSPS) is 16.4. The molecule has 2 amide bonds. The Morgan fingerprint density at radius 1 is 1.03 bits per heavy atom. The number of nitrogens with zero attached hydrogens (tertiary/aromatic N) is 2. The molecule has 1 heterocycles. The number of nitrogens with one attached hydrogen (secondary N) is 1. The Morgan fingerprint density at radius 3 is 2.10 bits per heavy atom. The molecule has 10 heteroatoms. The molecule has 8 nitrogen and oxygen atoms in total. The van der Waals surface area contributed by atoms with Gasteiger partial charge in [0.25, 0.3) is 0 Å². The van der Waals surface area contributed by atoms with Gasteiger partial charge < -0.3 is 20.0 Å². The number of hydrogen-bond donors (Lipinski definition) is 3. The molecule has 2 atom stereocenters. The van der Waals surface area contributed by atoms with Gasteiger partial charge in [0.15, 0.2) is 0 Å². The van der Waals surface area contributed by atoms with Gasteiger partial charge in [0.1, 0.15) is 23.7 Å². The summed E-state index contributed by atoms with van der Waals surface area (Å²) in [6.07, 6.45) is 0.240. The van der Waals surface area contributed by atoms with E-state index >= 15 is 0 Å². The van der Waals surface area contributed by atoms with E-state index in [9.17, 15) is 33.4 Å². The molecule has 0 radical (unpaired) electrons. The molecule has 1 aliphatic rings. The largest absolute Gasteiger partial charge is 0.480 e. The lowest BCUT2D eigenvalue weighted by Gasteiger charge is -2.25. The van der Waals surface area contributed by atoms with Crippen molar-refractivity contribution >= 4 is 18.0 Å². The van der Waals surface area contributed by atoms with Crippen LogP contribution in [0.1, 0.15) is 25.8 Å². The zero-order valence-corrected chi connectivity index (χ0v) is 16.3. The standard InChI is InChI=1S/C19H25F2N3O5/c1-11(2)5-15(17(25)26)22-16(18(27)28)10-24-4-3-23(19(24)29)9-12-6-13(20)8-14(21)7-12/h6-8,11,15-16,22H,3-5,9-10H2,1-2H3,(H,25,26)(H,27,28)/t15-,16-/m0/s1. The maximum Gasteiger partial charge on any atom is 0.322 e. The first-order valence-corrected chi connectivity index (χ1v) is 9.27. The molecule has 3 N–H and O–H groups in total. The summed E-state index contributed by atoms with van der Waals surface area (Å²) in [5.41, 5.74) is 0.286. The third-order valence-electron chi connectivity index (χ3n) is 4.59. The summed E-state index contributed by atoms with van der Waals surface area (Å²) in [6, 6.07) is 0.207. The van der Waals surface area contributed by atoms with Gasteiger partial charge in [0.05, 0.1) is 0 Å². The van der Waals surface area contributed by atoms with E-state index in [2.05, 4.69) is 5.32 Å². The fraction of sp³-hybridized carbons (Fsp3) is 0.526. The van der Waals surface area contributed by atoms with Crippen LogP contribution in [-0.2, 0) is 16.1 Å². The molecule has 1 fully saturated rings. The highest BCUT2D eigenvalue weighted by molar-refractivity contribution is 5.80. The van der Waals surface area contributed by atoms with Crippen LogP contribution in [-0.4, -0.2) is 69.7 Å². The first-order valence-electron chi connectivity index (χ1n) is 9.27. The summed E-state index contributed by atoms with van der Waals surface area (Å²) < 4.78 is 26.7. The third-order valence-corrected chi connectivity index (χ3v) is 4.59. The molecule has 2 rings (SSSR count). The van der Waals surface area contributed by atoms with Crippen molar-refractivity contribution in [1.29, 1.82) is 0 Å². The van der Waals surface area contributed by atoms with Crippen LogP contribution in [0.2, 0.25) is 0 Å². The molecule has 1 saturated heterocycles. The molecule has 0 unspecified atom stereocenters. The van der Waals surface area contributed by atoms with Crippen molar-refractivity contribution in [2.45, 2.75) is 38.9 Å². The minimum atomic E-state index is -1.27. The predicted molar refractivity (Wildman–Crippen MR) is 99.2 cm³/mol. The summed E-state index contributed by atoms with van der Waals surface area (Å²) in [5.74, 6) is -3.88. The molecular formula is C19H25F2N3O5. The number of carbonyl (C=O) groups excluding carboxylic acids is 1. The Kier molecular flexibility index (Phi) is 7.49. The van der Waals surface area contributed by atoms with Crippen LogP contribution in [0.4, 0.5) is 13.6 Å². The Labute approximate surface area is 167 Å². The van der Waals surface area contributed by atoms with Gasteiger partial charge in [0.2, 0.25) is 0 Å². The van der Waals surface area contributed by atoms with E-state index in [0.717, 1.165) is 18.2 Å². The fourth-order valence-corrected chi connectivity index (χ4v) is 3.25. The van der Waals surface area contributed by atoms with Crippen molar-refractivity contribution in [3.63, 3.8) is 0 Å². The average Bonchev–Trinajstić information content (AvgIpc) is 2.92. The van der Waals surface area contributed by atoms with Crippen molar-refractivity contribution in [3.8, 4) is 0 Å². The molecule has 1 aromatic carbocycles. The first-order chi connectivity index (χ1) is 13.6. The van der Waals surface area contributed by atoms with Gasteiger partial charge in [-0.15, -0.1) is 0 Å². The van der Waals surface area contributed by atoms with Gasteiger partial charge in [-0.3, -0.25) is 14.9 Å². The second kappa shape index (κ2) is 9.64. The second-order valence-corrected chi connectivity index (χ2v) is 7.51. The van der Waals surface area contributed by atoms with Crippen LogP contribution < -0.4 is 5.32 Å². The quantitative estimate of drug-likeness (QED) is 0.539.